The van der Waals surface area contributed by atoms with Crippen LogP contribution in [0.25, 0.3) is 0 Å². The Morgan fingerprint density at radius 2 is 1.72 bits per heavy atom. The molecule has 0 amide bonds. The van der Waals surface area contributed by atoms with Crippen molar-refractivity contribution >= 4 is 6.08 Å². The summed E-state index contributed by atoms with van der Waals surface area (Å²) in [6.07, 6.45) is 7.29. The summed E-state index contributed by atoms with van der Waals surface area (Å²) in [7, 11) is 0. The Hall–Kier alpha value is -1.40. The van der Waals surface area contributed by atoms with Gasteiger partial charge in [-0.1, -0.05) is 57.4 Å². The van der Waals surface area contributed by atoms with E-state index in [9.17, 15) is 4.79 Å². The number of rotatable bonds is 3. The molecule has 96 valence electrons. The van der Waals surface area contributed by atoms with E-state index < -0.39 is 0 Å². The van der Waals surface area contributed by atoms with Gasteiger partial charge in [-0.2, -0.15) is 4.99 Å². The third kappa shape index (κ3) is 2.54. The molecule has 2 rings (SSSR count). The molecule has 0 atom stereocenters. The molecule has 1 aromatic rings. The molecule has 0 spiro atoms. The highest BCUT2D eigenvalue weighted by Gasteiger charge is 2.33. The van der Waals surface area contributed by atoms with Crippen LogP contribution < -0.4 is 0 Å². The van der Waals surface area contributed by atoms with Crippen LogP contribution in [-0.4, -0.2) is 6.08 Å². The highest BCUT2D eigenvalue weighted by Crippen LogP contribution is 2.40. The summed E-state index contributed by atoms with van der Waals surface area (Å²) in [5, 5.41) is 0. The zero-order valence-corrected chi connectivity index (χ0v) is 11.3. The monoisotopic (exact) mass is 243 g/mol. The Bertz CT molecular complexity index is 435. The number of carbonyl (C=O) groups excluding carboxylic acids is 1. The van der Waals surface area contributed by atoms with E-state index in [4.69, 9.17) is 0 Å². The molecule has 2 heteroatoms. The zero-order chi connectivity index (χ0) is 13.0. The normalized spacial score (nSPS) is 18.4. The van der Waals surface area contributed by atoms with Gasteiger partial charge in [-0.15, -0.1) is 0 Å². The van der Waals surface area contributed by atoms with Crippen LogP contribution in [0.4, 0.5) is 0 Å². The van der Waals surface area contributed by atoms with E-state index in [1.807, 2.05) is 0 Å². The Balaban J connectivity index is 2.33. The molecule has 0 heterocycles. The highest BCUT2D eigenvalue weighted by atomic mass is 16.1. The molecule has 1 aromatic carbocycles. The van der Waals surface area contributed by atoms with Crippen molar-refractivity contribution in [3.05, 3.63) is 35.4 Å². The maximum absolute atomic E-state index is 10.7. The van der Waals surface area contributed by atoms with Crippen LogP contribution >= 0.6 is 0 Å². The van der Waals surface area contributed by atoms with Crippen LogP contribution in [0.3, 0.4) is 0 Å². The molecule has 1 saturated carbocycles. The maximum atomic E-state index is 10.7. The van der Waals surface area contributed by atoms with Crippen LogP contribution in [0.15, 0.2) is 29.3 Å². The predicted molar refractivity (Wildman–Crippen MR) is 73.4 cm³/mol. The Morgan fingerprint density at radius 1 is 1.11 bits per heavy atom. The van der Waals surface area contributed by atoms with Gasteiger partial charge in [0, 0.05) is 0 Å². The Kier molecular flexibility index (Phi) is 3.98. The third-order valence-electron chi connectivity index (χ3n) is 4.06. The number of nitrogens with zero attached hydrogens (tertiary/aromatic N) is 1. The van der Waals surface area contributed by atoms with Crippen molar-refractivity contribution in [2.24, 2.45) is 4.99 Å². The van der Waals surface area contributed by atoms with Gasteiger partial charge in [0.25, 0.3) is 0 Å². The minimum absolute atomic E-state index is 0.296. The lowest BCUT2D eigenvalue weighted by Gasteiger charge is -2.32. The molecule has 0 aliphatic heterocycles. The molecular formula is C16H21NO. The first kappa shape index (κ1) is 13.0. The molecule has 0 saturated heterocycles. The maximum Gasteiger partial charge on any atom is 0.235 e. The van der Waals surface area contributed by atoms with Gasteiger partial charge in [-0.3, -0.25) is 0 Å². The minimum atomic E-state index is -0.296. The van der Waals surface area contributed by atoms with Crippen molar-refractivity contribution in [1.82, 2.24) is 0 Å². The van der Waals surface area contributed by atoms with Crippen molar-refractivity contribution in [3.8, 4) is 0 Å². The molecule has 0 radical (unpaired) electrons. The van der Waals surface area contributed by atoms with Crippen LogP contribution in [0.1, 0.15) is 63.0 Å². The average Bonchev–Trinajstić information content (AvgIpc) is 2.40. The number of isocyanates is 1. The molecule has 0 unspecified atom stereocenters. The smallest absolute Gasteiger partial charge is 0.211 e. The number of hydrogen-bond donors (Lipinski definition) is 0. The minimum Gasteiger partial charge on any atom is -0.211 e. The third-order valence-corrected chi connectivity index (χ3v) is 4.06. The molecule has 0 bridgehead atoms. The summed E-state index contributed by atoms with van der Waals surface area (Å²) in [4.78, 5) is 14.9. The van der Waals surface area contributed by atoms with E-state index in [2.05, 4.69) is 43.1 Å². The molecule has 1 fully saturated rings. The SMILES string of the molecule is CC(C)c1ccc(C2(N=C=O)CCCCC2)cc1. The second kappa shape index (κ2) is 5.49. The summed E-state index contributed by atoms with van der Waals surface area (Å²) in [5.74, 6) is 0.538. The standard InChI is InChI=1S/C16H21NO/c1-13(2)14-6-8-15(9-7-14)16(17-12-18)10-4-3-5-11-16/h6-9,13H,3-5,10-11H2,1-2H3. The Morgan fingerprint density at radius 3 is 2.22 bits per heavy atom. The second-order valence-corrected chi connectivity index (χ2v) is 5.57. The number of hydrogen-bond acceptors (Lipinski definition) is 2. The van der Waals surface area contributed by atoms with Crippen molar-refractivity contribution in [1.29, 1.82) is 0 Å². The molecular weight excluding hydrogens is 222 g/mol. The summed E-state index contributed by atoms with van der Waals surface area (Å²) in [5.41, 5.74) is 2.21. The first-order valence-electron chi connectivity index (χ1n) is 6.87. The van der Waals surface area contributed by atoms with Crippen molar-refractivity contribution in [2.75, 3.05) is 0 Å². The fourth-order valence-corrected chi connectivity index (χ4v) is 2.87. The highest BCUT2D eigenvalue weighted by molar-refractivity contribution is 5.39. The lowest BCUT2D eigenvalue weighted by atomic mass is 9.77. The number of benzene rings is 1. The first-order valence-corrected chi connectivity index (χ1v) is 6.87. The molecule has 2 nitrogen and oxygen atoms in total. The van der Waals surface area contributed by atoms with E-state index in [1.165, 1.54) is 17.5 Å². The van der Waals surface area contributed by atoms with E-state index in [1.54, 1.807) is 6.08 Å². The van der Waals surface area contributed by atoms with Crippen molar-refractivity contribution in [2.45, 2.75) is 57.4 Å². The largest absolute Gasteiger partial charge is 0.235 e. The van der Waals surface area contributed by atoms with Crippen LogP contribution in [-0.2, 0) is 10.3 Å². The van der Waals surface area contributed by atoms with Gasteiger partial charge in [-0.25, -0.2) is 4.79 Å². The van der Waals surface area contributed by atoms with E-state index in [0.29, 0.717) is 5.92 Å². The lowest BCUT2D eigenvalue weighted by molar-refractivity contribution is 0.304. The van der Waals surface area contributed by atoms with Gasteiger partial charge in [-0.05, 0) is 29.9 Å². The van der Waals surface area contributed by atoms with Gasteiger partial charge < -0.3 is 0 Å². The van der Waals surface area contributed by atoms with E-state index in [-0.39, 0.29) is 5.54 Å². The van der Waals surface area contributed by atoms with Crippen molar-refractivity contribution in [3.63, 3.8) is 0 Å². The summed E-state index contributed by atoms with van der Waals surface area (Å²) >= 11 is 0. The van der Waals surface area contributed by atoms with E-state index in [0.717, 1.165) is 25.7 Å². The summed E-state index contributed by atoms with van der Waals surface area (Å²) < 4.78 is 0. The van der Waals surface area contributed by atoms with Crippen molar-refractivity contribution < 1.29 is 4.79 Å². The fourth-order valence-electron chi connectivity index (χ4n) is 2.87. The van der Waals surface area contributed by atoms with Crippen LogP contribution in [0.5, 0.6) is 0 Å². The number of aliphatic imine (C=N–C) groups is 1. The van der Waals surface area contributed by atoms with Gasteiger partial charge in [0.1, 0.15) is 0 Å². The molecule has 1 aliphatic carbocycles. The summed E-state index contributed by atoms with van der Waals surface area (Å²) in [6.45, 7) is 4.38. The predicted octanol–water partition coefficient (Wildman–Crippen LogP) is 4.31. The first-order chi connectivity index (χ1) is 8.68. The molecule has 18 heavy (non-hydrogen) atoms. The molecule has 0 aromatic heterocycles. The van der Waals surface area contributed by atoms with Gasteiger partial charge in [0.05, 0.1) is 5.54 Å². The average molecular weight is 243 g/mol. The second-order valence-electron chi connectivity index (χ2n) is 5.57. The summed E-state index contributed by atoms with van der Waals surface area (Å²) in [6, 6.07) is 8.61. The van der Waals surface area contributed by atoms with Gasteiger partial charge in [0.15, 0.2) is 0 Å². The quantitative estimate of drug-likeness (QED) is 0.574. The van der Waals surface area contributed by atoms with Crippen LogP contribution in [0, 0.1) is 0 Å². The zero-order valence-electron chi connectivity index (χ0n) is 11.3. The Labute approximate surface area is 109 Å². The molecule has 1 aliphatic rings. The van der Waals surface area contributed by atoms with E-state index >= 15 is 0 Å². The van der Waals surface area contributed by atoms with Crippen LogP contribution in [0.2, 0.25) is 0 Å². The topological polar surface area (TPSA) is 29.4 Å². The van der Waals surface area contributed by atoms with Gasteiger partial charge >= 0.3 is 0 Å². The van der Waals surface area contributed by atoms with Gasteiger partial charge in [0.2, 0.25) is 6.08 Å². The molecule has 0 N–H and O–H groups in total. The lowest BCUT2D eigenvalue weighted by Crippen LogP contribution is -2.26. The fraction of sp³-hybridized carbons (Fsp3) is 0.562.